The number of pyridine rings is 1. The molecule has 0 amide bonds. The van der Waals surface area contributed by atoms with Crippen molar-refractivity contribution in [1.82, 2.24) is 10.4 Å². The third-order valence-corrected chi connectivity index (χ3v) is 3.36. The fourth-order valence-electron chi connectivity index (χ4n) is 2.09. The van der Waals surface area contributed by atoms with Crippen molar-refractivity contribution in [3.8, 4) is 0 Å². The summed E-state index contributed by atoms with van der Waals surface area (Å²) in [6, 6.07) is 7.64. The Morgan fingerprint density at radius 2 is 1.95 bits per heavy atom. The topological polar surface area (TPSA) is 50.9 Å². The van der Waals surface area contributed by atoms with Crippen LogP contribution in [0.3, 0.4) is 0 Å². The van der Waals surface area contributed by atoms with Crippen LogP contribution in [0.2, 0.25) is 5.02 Å². The largest absolute Gasteiger partial charge is 0.271 e. The summed E-state index contributed by atoms with van der Waals surface area (Å²) in [4.78, 5) is 4.39. The number of aromatic nitrogens is 1. The highest BCUT2D eigenvalue weighted by Crippen LogP contribution is 2.29. The van der Waals surface area contributed by atoms with Crippen molar-refractivity contribution in [2.24, 2.45) is 5.84 Å². The molecule has 2 rings (SSSR count). The number of nitrogens with two attached hydrogens (primary N) is 1. The van der Waals surface area contributed by atoms with Crippen LogP contribution in [0.4, 0.5) is 4.39 Å². The van der Waals surface area contributed by atoms with Crippen LogP contribution in [-0.2, 0) is 0 Å². The Bertz CT molecular complexity index is 601. The van der Waals surface area contributed by atoms with E-state index < -0.39 is 6.04 Å². The van der Waals surface area contributed by atoms with Crippen LogP contribution in [0.15, 0.2) is 30.3 Å². The molecule has 19 heavy (non-hydrogen) atoms. The maximum atomic E-state index is 13.4. The van der Waals surface area contributed by atoms with Crippen molar-refractivity contribution in [1.29, 1.82) is 0 Å². The van der Waals surface area contributed by atoms with E-state index in [1.165, 1.54) is 18.2 Å². The molecule has 100 valence electrons. The first-order valence-electron chi connectivity index (χ1n) is 5.88. The highest BCUT2D eigenvalue weighted by Gasteiger charge is 2.18. The summed E-state index contributed by atoms with van der Waals surface area (Å²) in [5.74, 6) is 5.25. The predicted octanol–water partition coefficient (Wildman–Crippen LogP) is 3.04. The Morgan fingerprint density at radius 1 is 1.21 bits per heavy atom. The Labute approximate surface area is 116 Å². The van der Waals surface area contributed by atoms with E-state index in [9.17, 15) is 4.39 Å². The molecule has 1 aromatic heterocycles. The Kier molecular flexibility index (Phi) is 4.14. The van der Waals surface area contributed by atoms with Gasteiger partial charge in [-0.15, -0.1) is 0 Å². The Morgan fingerprint density at radius 3 is 2.58 bits per heavy atom. The number of hydrogen-bond acceptors (Lipinski definition) is 3. The molecule has 1 atom stereocenters. The van der Waals surface area contributed by atoms with Crippen molar-refractivity contribution < 1.29 is 4.39 Å². The fraction of sp³-hybridized carbons (Fsp3) is 0.214. The van der Waals surface area contributed by atoms with E-state index in [2.05, 4.69) is 10.4 Å². The summed E-state index contributed by atoms with van der Waals surface area (Å²) in [5, 5.41) is 0.462. The number of hydrogen-bond donors (Lipinski definition) is 2. The van der Waals surface area contributed by atoms with Gasteiger partial charge in [-0.05, 0) is 49.2 Å². The van der Waals surface area contributed by atoms with Gasteiger partial charge in [0.25, 0.3) is 0 Å². The smallest absolute Gasteiger partial charge is 0.123 e. The molecule has 2 aromatic rings. The number of hydrazine groups is 1. The van der Waals surface area contributed by atoms with Gasteiger partial charge in [-0.2, -0.15) is 0 Å². The van der Waals surface area contributed by atoms with E-state index in [0.717, 1.165) is 17.0 Å². The van der Waals surface area contributed by atoms with Crippen LogP contribution >= 0.6 is 11.6 Å². The molecule has 0 fully saturated rings. The van der Waals surface area contributed by atoms with E-state index in [4.69, 9.17) is 17.4 Å². The van der Waals surface area contributed by atoms with Gasteiger partial charge in [0, 0.05) is 16.4 Å². The zero-order valence-electron chi connectivity index (χ0n) is 10.7. The summed E-state index contributed by atoms with van der Waals surface area (Å²) >= 11 is 6.12. The minimum Gasteiger partial charge on any atom is -0.271 e. The Hall–Kier alpha value is -1.49. The number of nitrogens with one attached hydrogen (secondary N) is 1. The molecule has 1 heterocycles. The molecule has 0 bridgehead atoms. The first-order valence-corrected chi connectivity index (χ1v) is 6.26. The second-order valence-electron chi connectivity index (χ2n) is 4.39. The molecule has 3 nitrogen and oxygen atoms in total. The molecule has 3 N–H and O–H groups in total. The maximum absolute atomic E-state index is 13.4. The van der Waals surface area contributed by atoms with Crippen LogP contribution in [0.1, 0.15) is 28.6 Å². The van der Waals surface area contributed by atoms with E-state index >= 15 is 0 Å². The van der Waals surface area contributed by atoms with E-state index in [0.29, 0.717) is 10.6 Å². The molecule has 0 aliphatic heterocycles. The molecule has 1 aromatic carbocycles. The summed E-state index contributed by atoms with van der Waals surface area (Å²) in [7, 11) is 0. The van der Waals surface area contributed by atoms with Crippen molar-refractivity contribution in [3.05, 3.63) is 63.7 Å². The number of rotatable bonds is 3. The van der Waals surface area contributed by atoms with Crippen molar-refractivity contribution in [2.75, 3.05) is 0 Å². The lowest BCUT2D eigenvalue weighted by molar-refractivity contribution is 0.602. The molecule has 5 heteroatoms. The van der Waals surface area contributed by atoms with Gasteiger partial charge in [0.2, 0.25) is 0 Å². The number of nitrogens with zero attached hydrogens (tertiary/aromatic N) is 1. The summed E-state index contributed by atoms with van der Waals surface area (Å²) in [6.07, 6.45) is 0. The SMILES string of the molecule is Cc1ccc(C(NN)c2cc(F)ccc2Cl)c(C)n1. The summed E-state index contributed by atoms with van der Waals surface area (Å²) < 4.78 is 13.4. The van der Waals surface area contributed by atoms with E-state index in [-0.39, 0.29) is 5.82 Å². The third-order valence-electron chi connectivity index (χ3n) is 3.01. The van der Waals surface area contributed by atoms with Crippen molar-refractivity contribution in [2.45, 2.75) is 19.9 Å². The van der Waals surface area contributed by atoms with Gasteiger partial charge in [-0.3, -0.25) is 10.8 Å². The zero-order valence-corrected chi connectivity index (χ0v) is 11.5. The predicted molar refractivity (Wildman–Crippen MR) is 74.3 cm³/mol. The highest BCUT2D eigenvalue weighted by molar-refractivity contribution is 6.31. The van der Waals surface area contributed by atoms with Crippen molar-refractivity contribution in [3.63, 3.8) is 0 Å². The second-order valence-corrected chi connectivity index (χ2v) is 4.80. The molecular formula is C14H15ClFN3. The molecule has 0 radical (unpaired) electrons. The van der Waals surface area contributed by atoms with Crippen LogP contribution in [0, 0.1) is 19.7 Å². The fourth-order valence-corrected chi connectivity index (χ4v) is 2.31. The lowest BCUT2D eigenvalue weighted by atomic mass is 9.97. The average molecular weight is 280 g/mol. The van der Waals surface area contributed by atoms with Crippen molar-refractivity contribution >= 4 is 11.6 Å². The van der Waals surface area contributed by atoms with Crippen LogP contribution in [-0.4, -0.2) is 4.98 Å². The van der Waals surface area contributed by atoms with E-state index in [1.807, 2.05) is 26.0 Å². The van der Waals surface area contributed by atoms with Gasteiger partial charge in [0.1, 0.15) is 5.82 Å². The molecule has 0 aliphatic rings. The number of benzene rings is 1. The average Bonchev–Trinajstić information content (AvgIpc) is 2.36. The Balaban J connectivity index is 2.52. The van der Waals surface area contributed by atoms with Crippen LogP contribution in [0.5, 0.6) is 0 Å². The summed E-state index contributed by atoms with van der Waals surface area (Å²) in [6.45, 7) is 3.80. The molecule has 0 saturated heterocycles. The third kappa shape index (κ3) is 2.92. The lowest BCUT2D eigenvalue weighted by Gasteiger charge is -2.20. The molecule has 1 unspecified atom stereocenters. The monoisotopic (exact) mass is 279 g/mol. The summed E-state index contributed by atoms with van der Waals surface area (Å²) in [5.41, 5.74) is 5.90. The van der Waals surface area contributed by atoms with Gasteiger partial charge in [0.05, 0.1) is 6.04 Å². The number of halogens is 2. The van der Waals surface area contributed by atoms with Gasteiger partial charge < -0.3 is 0 Å². The van der Waals surface area contributed by atoms with Crippen LogP contribution in [0.25, 0.3) is 0 Å². The minimum atomic E-state index is -0.392. The highest BCUT2D eigenvalue weighted by atomic mass is 35.5. The zero-order chi connectivity index (χ0) is 14.0. The maximum Gasteiger partial charge on any atom is 0.123 e. The normalized spacial score (nSPS) is 12.5. The molecule has 0 spiro atoms. The first kappa shape index (κ1) is 13.9. The lowest BCUT2D eigenvalue weighted by Crippen LogP contribution is -2.30. The standard InChI is InChI=1S/C14H15ClFN3/c1-8-3-5-11(9(2)18-8)14(19-17)12-7-10(16)4-6-13(12)15/h3-7,14,19H,17H2,1-2H3. The van der Waals surface area contributed by atoms with Gasteiger partial charge >= 0.3 is 0 Å². The molecule has 0 aliphatic carbocycles. The molecule has 0 saturated carbocycles. The first-order chi connectivity index (χ1) is 9.02. The number of aryl methyl sites for hydroxylation is 2. The van der Waals surface area contributed by atoms with Gasteiger partial charge in [0.15, 0.2) is 0 Å². The van der Waals surface area contributed by atoms with Gasteiger partial charge in [-0.1, -0.05) is 17.7 Å². The quantitative estimate of drug-likeness (QED) is 0.671. The minimum absolute atomic E-state index is 0.350. The second kappa shape index (κ2) is 5.65. The van der Waals surface area contributed by atoms with Crippen LogP contribution < -0.4 is 11.3 Å². The molecular weight excluding hydrogens is 265 g/mol. The van der Waals surface area contributed by atoms with Gasteiger partial charge in [-0.25, -0.2) is 9.82 Å². The van der Waals surface area contributed by atoms with E-state index in [1.54, 1.807) is 0 Å².